The van der Waals surface area contributed by atoms with E-state index in [1.54, 1.807) is 12.1 Å². The molecule has 0 amide bonds. The highest BCUT2D eigenvalue weighted by atomic mass is 35.5. The molecule has 0 spiro atoms. The summed E-state index contributed by atoms with van der Waals surface area (Å²) in [7, 11) is 0. The van der Waals surface area contributed by atoms with Crippen molar-refractivity contribution in [3.05, 3.63) is 64.4 Å². The molecule has 2 aromatic rings. The fourth-order valence-corrected chi connectivity index (χ4v) is 1.98. The second-order valence-corrected chi connectivity index (χ2v) is 4.54. The molecule has 2 rings (SSSR count). The van der Waals surface area contributed by atoms with Gasteiger partial charge in [-0.15, -0.1) is 0 Å². The molecule has 1 N–H and O–H groups in total. The zero-order valence-corrected chi connectivity index (χ0v) is 11.0. The highest BCUT2D eigenvalue weighted by Gasteiger charge is 2.06. The summed E-state index contributed by atoms with van der Waals surface area (Å²) in [6.07, 6.45) is 0.508. The van der Waals surface area contributed by atoms with Crippen LogP contribution >= 0.6 is 11.6 Å². The molecular weight excluding hydrogens is 267 g/mol. The lowest BCUT2D eigenvalue weighted by Crippen LogP contribution is -2.02. The topological polar surface area (TPSA) is 29.5 Å². The van der Waals surface area contributed by atoms with Gasteiger partial charge in [0.1, 0.15) is 18.2 Å². The minimum absolute atomic E-state index is 0.0475. The van der Waals surface area contributed by atoms with Crippen LogP contribution in [0.3, 0.4) is 0 Å². The van der Waals surface area contributed by atoms with Crippen LogP contribution in [-0.2, 0) is 13.0 Å². The lowest BCUT2D eigenvalue weighted by Gasteiger charge is -2.11. The van der Waals surface area contributed by atoms with Gasteiger partial charge in [-0.2, -0.15) is 0 Å². The van der Waals surface area contributed by atoms with Crippen molar-refractivity contribution in [1.82, 2.24) is 0 Å². The predicted octanol–water partition coefficient (Wildman–Crippen LogP) is 3.59. The zero-order valence-electron chi connectivity index (χ0n) is 10.3. The number of benzene rings is 2. The van der Waals surface area contributed by atoms with Crippen molar-refractivity contribution in [1.29, 1.82) is 0 Å². The van der Waals surface area contributed by atoms with Crippen molar-refractivity contribution in [2.45, 2.75) is 13.0 Å². The Kier molecular flexibility index (Phi) is 4.77. The van der Waals surface area contributed by atoms with E-state index in [-0.39, 0.29) is 19.0 Å². The van der Waals surface area contributed by atoms with E-state index in [0.717, 1.165) is 5.56 Å². The summed E-state index contributed by atoms with van der Waals surface area (Å²) < 4.78 is 19.1. The Morgan fingerprint density at radius 2 is 1.89 bits per heavy atom. The van der Waals surface area contributed by atoms with Crippen molar-refractivity contribution < 1.29 is 14.2 Å². The quantitative estimate of drug-likeness (QED) is 0.907. The van der Waals surface area contributed by atoms with Crippen LogP contribution in [0.1, 0.15) is 11.1 Å². The van der Waals surface area contributed by atoms with Gasteiger partial charge in [-0.25, -0.2) is 4.39 Å². The van der Waals surface area contributed by atoms with Crippen molar-refractivity contribution in [2.75, 3.05) is 6.61 Å². The van der Waals surface area contributed by atoms with E-state index in [9.17, 15) is 4.39 Å². The number of para-hydroxylation sites is 1. The summed E-state index contributed by atoms with van der Waals surface area (Å²) >= 11 is 5.82. The minimum atomic E-state index is -0.343. The SMILES string of the molecule is OCCc1ccccc1OCc1cc(Cl)ccc1F. The molecule has 0 aromatic heterocycles. The molecule has 0 heterocycles. The molecule has 4 heteroatoms. The van der Waals surface area contributed by atoms with Crippen LogP contribution in [0, 0.1) is 5.82 Å². The molecule has 0 radical (unpaired) electrons. The summed E-state index contributed by atoms with van der Waals surface area (Å²) in [5.41, 5.74) is 1.30. The third kappa shape index (κ3) is 3.69. The number of aliphatic hydroxyl groups excluding tert-OH is 1. The van der Waals surface area contributed by atoms with Gasteiger partial charge in [0.15, 0.2) is 0 Å². The van der Waals surface area contributed by atoms with E-state index in [2.05, 4.69) is 0 Å². The summed E-state index contributed by atoms with van der Waals surface area (Å²) in [5.74, 6) is 0.306. The monoisotopic (exact) mass is 280 g/mol. The molecule has 0 aliphatic heterocycles. The van der Waals surface area contributed by atoms with Gasteiger partial charge in [0, 0.05) is 17.2 Å². The van der Waals surface area contributed by atoms with Gasteiger partial charge in [0.25, 0.3) is 0 Å². The molecule has 19 heavy (non-hydrogen) atoms. The number of aliphatic hydroxyl groups is 1. The van der Waals surface area contributed by atoms with Gasteiger partial charge in [0.2, 0.25) is 0 Å². The molecule has 0 aliphatic carbocycles. The highest BCUT2D eigenvalue weighted by molar-refractivity contribution is 6.30. The fraction of sp³-hybridized carbons (Fsp3) is 0.200. The predicted molar refractivity (Wildman–Crippen MR) is 73.0 cm³/mol. The maximum absolute atomic E-state index is 13.5. The van der Waals surface area contributed by atoms with Gasteiger partial charge in [0.05, 0.1) is 0 Å². The second kappa shape index (κ2) is 6.55. The Labute approximate surface area is 116 Å². The second-order valence-electron chi connectivity index (χ2n) is 4.11. The zero-order chi connectivity index (χ0) is 13.7. The maximum Gasteiger partial charge on any atom is 0.129 e. The van der Waals surface area contributed by atoms with Crippen LogP contribution in [0.15, 0.2) is 42.5 Å². The van der Waals surface area contributed by atoms with Crippen LogP contribution in [0.5, 0.6) is 5.75 Å². The molecule has 0 unspecified atom stereocenters. The van der Waals surface area contributed by atoms with E-state index in [1.165, 1.54) is 12.1 Å². The molecule has 0 saturated carbocycles. The van der Waals surface area contributed by atoms with E-state index in [0.29, 0.717) is 22.8 Å². The van der Waals surface area contributed by atoms with Crippen LogP contribution in [0.4, 0.5) is 4.39 Å². The molecule has 0 aliphatic rings. The molecule has 0 bridgehead atoms. The lowest BCUT2D eigenvalue weighted by atomic mass is 10.1. The molecule has 2 nitrogen and oxygen atoms in total. The third-order valence-corrected chi connectivity index (χ3v) is 2.98. The largest absolute Gasteiger partial charge is 0.489 e. The number of halogens is 2. The van der Waals surface area contributed by atoms with Crippen molar-refractivity contribution in [2.24, 2.45) is 0 Å². The maximum atomic E-state index is 13.5. The summed E-state index contributed by atoms with van der Waals surface area (Å²) in [6.45, 7) is 0.154. The first-order chi connectivity index (χ1) is 9.20. The number of rotatable bonds is 5. The average molecular weight is 281 g/mol. The molecule has 100 valence electrons. The van der Waals surface area contributed by atoms with Gasteiger partial charge < -0.3 is 9.84 Å². The summed E-state index contributed by atoms with van der Waals surface area (Å²) in [6, 6.07) is 11.8. The fourth-order valence-electron chi connectivity index (χ4n) is 1.78. The highest BCUT2D eigenvalue weighted by Crippen LogP contribution is 2.21. The third-order valence-electron chi connectivity index (χ3n) is 2.74. The van der Waals surface area contributed by atoms with Crippen LogP contribution < -0.4 is 4.74 Å². The minimum Gasteiger partial charge on any atom is -0.489 e. The first-order valence-corrected chi connectivity index (χ1v) is 6.34. The van der Waals surface area contributed by atoms with E-state index < -0.39 is 0 Å². The number of ether oxygens (including phenoxy) is 1. The van der Waals surface area contributed by atoms with E-state index >= 15 is 0 Å². The van der Waals surface area contributed by atoms with Gasteiger partial charge in [-0.3, -0.25) is 0 Å². The summed E-state index contributed by atoms with van der Waals surface area (Å²) in [4.78, 5) is 0. The van der Waals surface area contributed by atoms with Gasteiger partial charge >= 0.3 is 0 Å². The van der Waals surface area contributed by atoms with Crippen molar-refractivity contribution in [3.63, 3.8) is 0 Å². The van der Waals surface area contributed by atoms with Crippen molar-refractivity contribution in [3.8, 4) is 5.75 Å². The van der Waals surface area contributed by atoms with Crippen LogP contribution in [0.2, 0.25) is 5.02 Å². The summed E-state index contributed by atoms with van der Waals surface area (Å²) in [5, 5.41) is 9.45. The van der Waals surface area contributed by atoms with Crippen LogP contribution in [-0.4, -0.2) is 11.7 Å². The normalized spacial score (nSPS) is 10.5. The average Bonchev–Trinajstić information content (AvgIpc) is 2.42. The van der Waals surface area contributed by atoms with Gasteiger partial charge in [-0.1, -0.05) is 29.8 Å². The lowest BCUT2D eigenvalue weighted by molar-refractivity contribution is 0.281. The Balaban J connectivity index is 2.12. The Bertz CT molecular complexity index is 558. The number of hydrogen-bond donors (Lipinski definition) is 1. The van der Waals surface area contributed by atoms with E-state index in [4.69, 9.17) is 21.4 Å². The van der Waals surface area contributed by atoms with Crippen molar-refractivity contribution >= 4 is 11.6 Å². The number of hydrogen-bond acceptors (Lipinski definition) is 2. The first-order valence-electron chi connectivity index (χ1n) is 5.96. The Morgan fingerprint density at radius 1 is 1.11 bits per heavy atom. The van der Waals surface area contributed by atoms with Crippen LogP contribution in [0.25, 0.3) is 0 Å². The Hall–Kier alpha value is -1.58. The molecule has 0 fully saturated rings. The standard InChI is InChI=1S/C15H14ClFO2/c16-13-5-6-14(17)12(9-13)10-19-15-4-2-1-3-11(15)7-8-18/h1-6,9,18H,7-8,10H2. The molecular formula is C15H14ClFO2. The smallest absolute Gasteiger partial charge is 0.129 e. The Morgan fingerprint density at radius 3 is 2.68 bits per heavy atom. The van der Waals surface area contributed by atoms with E-state index in [1.807, 2.05) is 18.2 Å². The van der Waals surface area contributed by atoms with Gasteiger partial charge in [-0.05, 0) is 36.2 Å². The molecule has 0 atom stereocenters. The molecule has 2 aromatic carbocycles. The molecule has 0 saturated heterocycles. The first kappa shape index (κ1) is 13.8.